The Morgan fingerprint density at radius 1 is 0.786 bits per heavy atom. The first kappa shape index (κ1) is 23.7. The van der Waals surface area contributed by atoms with Gasteiger partial charge in [0, 0.05) is 6.61 Å². The molecular formula is C26H47NO. The fourth-order valence-electron chi connectivity index (χ4n) is 5.42. The van der Waals surface area contributed by atoms with Gasteiger partial charge in [-0.05, 0) is 69.6 Å². The van der Waals surface area contributed by atoms with Crippen molar-refractivity contribution in [1.29, 1.82) is 5.26 Å². The minimum atomic E-state index is -0.0130. The summed E-state index contributed by atoms with van der Waals surface area (Å²) in [4.78, 5) is 0. The molecule has 0 aromatic rings. The van der Waals surface area contributed by atoms with Gasteiger partial charge in [0.2, 0.25) is 0 Å². The Bertz CT molecular complexity index is 424. The molecule has 2 aliphatic rings. The molecule has 2 heteroatoms. The second kappa shape index (κ2) is 13.6. The van der Waals surface area contributed by atoms with Crippen molar-refractivity contribution in [3.05, 3.63) is 0 Å². The van der Waals surface area contributed by atoms with Gasteiger partial charge < -0.3 is 4.74 Å². The molecule has 2 fully saturated rings. The highest BCUT2D eigenvalue weighted by Crippen LogP contribution is 2.42. The molecule has 2 saturated carbocycles. The van der Waals surface area contributed by atoms with Crippen LogP contribution in [0.1, 0.15) is 129 Å². The molecule has 0 aromatic carbocycles. The summed E-state index contributed by atoms with van der Waals surface area (Å²) in [5.74, 6) is 1.67. The molecule has 0 amide bonds. The molecule has 0 unspecified atom stereocenters. The number of ether oxygens (including phenoxy) is 1. The average Bonchev–Trinajstić information content (AvgIpc) is 2.74. The SMILES string of the molecule is CCCCCCCC1CCC(OCC2CCC(C#N)(CCCCC)CC2)CC1. The van der Waals surface area contributed by atoms with Crippen LogP contribution in [-0.4, -0.2) is 12.7 Å². The zero-order valence-electron chi connectivity index (χ0n) is 19.0. The zero-order chi connectivity index (χ0) is 20.1. The van der Waals surface area contributed by atoms with Gasteiger partial charge in [-0.2, -0.15) is 5.26 Å². The maximum atomic E-state index is 9.71. The summed E-state index contributed by atoms with van der Waals surface area (Å²) >= 11 is 0. The maximum absolute atomic E-state index is 9.71. The number of hydrogen-bond donors (Lipinski definition) is 0. The van der Waals surface area contributed by atoms with Crippen LogP contribution in [-0.2, 0) is 4.74 Å². The van der Waals surface area contributed by atoms with Gasteiger partial charge in [0.25, 0.3) is 0 Å². The Morgan fingerprint density at radius 3 is 2.07 bits per heavy atom. The standard InChI is InChI=1S/C26H47NO/c1-3-5-7-8-9-11-23-12-14-25(15-13-23)28-21-24-16-19-26(22-27,20-17-24)18-10-6-4-2/h23-25H,3-21H2,1-2H3. The Kier molecular flexibility index (Phi) is 11.6. The monoisotopic (exact) mass is 389 g/mol. The first-order valence-corrected chi connectivity index (χ1v) is 12.7. The summed E-state index contributed by atoms with van der Waals surface area (Å²) in [6.07, 6.45) is 23.9. The molecule has 2 nitrogen and oxygen atoms in total. The molecule has 0 bridgehead atoms. The molecule has 2 rings (SSSR count). The number of nitrogens with zero attached hydrogens (tertiary/aromatic N) is 1. The van der Waals surface area contributed by atoms with Crippen LogP contribution < -0.4 is 0 Å². The van der Waals surface area contributed by atoms with E-state index < -0.39 is 0 Å². The lowest BCUT2D eigenvalue weighted by molar-refractivity contribution is -0.0135. The third kappa shape index (κ3) is 8.44. The summed E-state index contributed by atoms with van der Waals surface area (Å²) < 4.78 is 6.35. The molecular weight excluding hydrogens is 342 g/mol. The van der Waals surface area contributed by atoms with Crippen molar-refractivity contribution in [3.8, 4) is 6.07 Å². The van der Waals surface area contributed by atoms with E-state index in [0.29, 0.717) is 12.0 Å². The Hall–Kier alpha value is -0.550. The molecule has 0 N–H and O–H groups in total. The molecule has 0 aromatic heterocycles. The molecule has 0 atom stereocenters. The van der Waals surface area contributed by atoms with Crippen molar-refractivity contribution in [1.82, 2.24) is 0 Å². The summed E-state index contributed by atoms with van der Waals surface area (Å²) in [6.45, 7) is 5.49. The van der Waals surface area contributed by atoms with E-state index in [2.05, 4.69) is 19.9 Å². The molecule has 0 saturated heterocycles. The van der Waals surface area contributed by atoms with E-state index in [1.54, 1.807) is 0 Å². The highest BCUT2D eigenvalue weighted by atomic mass is 16.5. The molecule has 28 heavy (non-hydrogen) atoms. The van der Waals surface area contributed by atoms with E-state index in [4.69, 9.17) is 4.74 Å². The highest BCUT2D eigenvalue weighted by molar-refractivity contribution is 5.01. The Balaban J connectivity index is 1.55. The van der Waals surface area contributed by atoms with Gasteiger partial charge in [0.1, 0.15) is 0 Å². The van der Waals surface area contributed by atoms with Crippen LogP contribution in [0.3, 0.4) is 0 Å². The van der Waals surface area contributed by atoms with Crippen LogP contribution in [0, 0.1) is 28.6 Å². The average molecular weight is 390 g/mol. The van der Waals surface area contributed by atoms with Gasteiger partial charge in [-0.3, -0.25) is 0 Å². The van der Waals surface area contributed by atoms with Gasteiger partial charge in [-0.15, -0.1) is 0 Å². The number of unbranched alkanes of at least 4 members (excludes halogenated alkanes) is 6. The van der Waals surface area contributed by atoms with E-state index in [9.17, 15) is 5.26 Å². The van der Waals surface area contributed by atoms with Crippen LogP contribution in [0.2, 0.25) is 0 Å². The summed E-state index contributed by atoms with van der Waals surface area (Å²) in [7, 11) is 0. The van der Waals surface area contributed by atoms with E-state index in [1.807, 2.05) is 0 Å². The van der Waals surface area contributed by atoms with Gasteiger partial charge in [-0.1, -0.05) is 71.6 Å². The summed E-state index contributed by atoms with van der Waals surface area (Å²) in [5.41, 5.74) is -0.0130. The van der Waals surface area contributed by atoms with Crippen molar-refractivity contribution >= 4 is 0 Å². The van der Waals surface area contributed by atoms with Crippen molar-refractivity contribution in [2.45, 2.75) is 136 Å². The minimum absolute atomic E-state index is 0.0130. The minimum Gasteiger partial charge on any atom is -0.378 e. The van der Waals surface area contributed by atoms with Crippen LogP contribution >= 0.6 is 0 Å². The molecule has 0 radical (unpaired) electrons. The third-order valence-corrected chi connectivity index (χ3v) is 7.64. The predicted octanol–water partition coefficient (Wildman–Crippen LogP) is 8.20. The predicted molar refractivity (Wildman–Crippen MR) is 119 cm³/mol. The molecule has 0 spiro atoms. The normalized spacial score (nSPS) is 30.8. The van der Waals surface area contributed by atoms with Crippen LogP contribution in [0.15, 0.2) is 0 Å². The van der Waals surface area contributed by atoms with Gasteiger partial charge in [0.15, 0.2) is 0 Å². The zero-order valence-corrected chi connectivity index (χ0v) is 19.0. The lowest BCUT2D eigenvalue weighted by Gasteiger charge is -2.36. The van der Waals surface area contributed by atoms with Gasteiger partial charge in [0.05, 0.1) is 17.6 Å². The largest absolute Gasteiger partial charge is 0.378 e. The smallest absolute Gasteiger partial charge is 0.0689 e. The van der Waals surface area contributed by atoms with Gasteiger partial charge >= 0.3 is 0 Å². The van der Waals surface area contributed by atoms with Crippen molar-refractivity contribution in [3.63, 3.8) is 0 Å². The number of nitriles is 1. The van der Waals surface area contributed by atoms with Crippen LogP contribution in [0.4, 0.5) is 0 Å². The lowest BCUT2D eigenvalue weighted by atomic mass is 9.69. The van der Waals surface area contributed by atoms with Crippen LogP contribution in [0.25, 0.3) is 0 Å². The quantitative estimate of drug-likeness (QED) is 0.297. The van der Waals surface area contributed by atoms with E-state index in [0.717, 1.165) is 31.8 Å². The molecule has 2 aliphatic carbocycles. The third-order valence-electron chi connectivity index (χ3n) is 7.64. The van der Waals surface area contributed by atoms with Crippen molar-refractivity contribution < 1.29 is 4.74 Å². The maximum Gasteiger partial charge on any atom is 0.0689 e. The first-order chi connectivity index (χ1) is 13.7. The Morgan fingerprint density at radius 2 is 1.43 bits per heavy atom. The van der Waals surface area contributed by atoms with E-state index in [-0.39, 0.29) is 5.41 Å². The van der Waals surface area contributed by atoms with Crippen molar-refractivity contribution in [2.75, 3.05) is 6.61 Å². The summed E-state index contributed by atoms with van der Waals surface area (Å²) in [5, 5.41) is 9.71. The molecule has 0 aliphatic heterocycles. The fourth-order valence-corrected chi connectivity index (χ4v) is 5.42. The fraction of sp³-hybridized carbons (Fsp3) is 0.962. The number of hydrogen-bond acceptors (Lipinski definition) is 2. The summed E-state index contributed by atoms with van der Waals surface area (Å²) in [6, 6.07) is 2.69. The van der Waals surface area contributed by atoms with Crippen molar-refractivity contribution in [2.24, 2.45) is 17.3 Å². The van der Waals surface area contributed by atoms with E-state index in [1.165, 1.54) is 96.3 Å². The Labute approximate surface area is 175 Å². The topological polar surface area (TPSA) is 33.0 Å². The highest BCUT2D eigenvalue weighted by Gasteiger charge is 2.35. The molecule has 162 valence electrons. The lowest BCUT2D eigenvalue weighted by Crippen LogP contribution is -2.30. The number of rotatable bonds is 13. The second-order valence-corrected chi connectivity index (χ2v) is 9.97. The molecule has 0 heterocycles. The van der Waals surface area contributed by atoms with Gasteiger partial charge in [-0.25, -0.2) is 0 Å². The second-order valence-electron chi connectivity index (χ2n) is 9.97. The van der Waals surface area contributed by atoms with Crippen LogP contribution in [0.5, 0.6) is 0 Å². The van der Waals surface area contributed by atoms with E-state index >= 15 is 0 Å². The first-order valence-electron chi connectivity index (χ1n) is 12.7.